The molecule has 0 spiro atoms. The van der Waals surface area contributed by atoms with Gasteiger partial charge in [0.05, 0.1) is 6.10 Å². The minimum Gasteiger partial charge on any atom is -0.461 e. The summed E-state index contributed by atoms with van der Waals surface area (Å²) in [6.07, 6.45) is -0.530. The quantitative estimate of drug-likeness (QED) is 0.569. The monoisotopic (exact) mass is 433 g/mol. The van der Waals surface area contributed by atoms with Gasteiger partial charge in [-0.15, -0.1) is 0 Å². The Kier molecular flexibility index (Phi) is 7.31. The van der Waals surface area contributed by atoms with Crippen molar-refractivity contribution in [3.05, 3.63) is 33.4 Å². The topological polar surface area (TPSA) is 64.6 Å². The smallest absolute Gasteiger partial charge is 0.408 e. The fourth-order valence-corrected chi connectivity index (χ4v) is 2.17. The fourth-order valence-electron chi connectivity index (χ4n) is 1.81. The number of halogens is 1. The number of rotatable bonds is 5. The van der Waals surface area contributed by atoms with E-state index in [2.05, 4.69) is 27.9 Å². The van der Waals surface area contributed by atoms with Crippen molar-refractivity contribution in [3.8, 4) is 0 Å². The summed E-state index contributed by atoms with van der Waals surface area (Å²) in [7, 11) is 0. The lowest BCUT2D eigenvalue weighted by Crippen LogP contribution is -2.46. The van der Waals surface area contributed by atoms with Gasteiger partial charge in [-0.1, -0.05) is 12.1 Å². The first-order valence-corrected chi connectivity index (χ1v) is 8.59. The molecule has 1 atom stereocenters. The average Bonchev–Trinajstić information content (AvgIpc) is 2.37. The molecule has 1 N–H and O–H groups in total. The van der Waals surface area contributed by atoms with Gasteiger partial charge in [-0.2, -0.15) is 0 Å². The zero-order valence-electron chi connectivity index (χ0n) is 14.2. The van der Waals surface area contributed by atoms with E-state index in [9.17, 15) is 9.59 Å². The van der Waals surface area contributed by atoms with Gasteiger partial charge in [0.1, 0.15) is 11.6 Å². The Bertz CT molecular complexity index is 535. The largest absolute Gasteiger partial charge is 0.461 e. The molecule has 0 aliphatic heterocycles. The molecule has 1 aromatic carbocycles. The highest BCUT2D eigenvalue weighted by Gasteiger charge is 2.26. The maximum Gasteiger partial charge on any atom is 0.408 e. The lowest BCUT2D eigenvalue weighted by atomic mass is 10.1. The Labute approximate surface area is 151 Å². The number of carbonyl (C=O) groups is 2. The van der Waals surface area contributed by atoms with E-state index in [1.165, 1.54) is 0 Å². The molecule has 0 fully saturated rings. The van der Waals surface area contributed by atoms with Crippen molar-refractivity contribution in [2.75, 3.05) is 0 Å². The van der Waals surface area contributed by atoms with E-state index in [1.54, 1.807) is 34.6 Å². The maximum atomic E-state index is 12.2. The Hall–Kier alpha value is -1.31. The van der Waals surface area contributed by atoms with Crippen molar-refractivity contribution in [1.82, 2.24) is 5.32 Å². The van der Waals surface area contributed by atoms with Gasteiger partial charge in [0, 0.05) is 9.99 Å². The van der Waals surface area contributed by atoms with Gasteiger partial charge in [0.2, 0.25) is 0 Å². The molecule has 128 valence electrons. The van der Waals surface area contributed by atoms with Gasteiger partial charge >= 0.3 is 12.1 Å². The molecule has 1 aromatic rings. The zero-order valence-corrected chi connectivity index (χ0v) is 16.3. The molecule has 0 bridgehead atoms. The van der Waals surface area contributed by atoms with Gasteiger partial charge in [-0.3, -0.25) is 0 Å². The average molecular weight is 433 g/mol. The molecule has 5 nitrogen and oxygen atoms in total. The standard InChI is InChI=1S/C17H24INO4/c1-11(2)22-15(20)14(19-16(21)23-17(3,4)5)10-12-6-8-13(18)9-7-12/h6-9,11,14H,10H2,1-5H3,(H,19,21)/t14-/m0/s1. The normalized spacial score (nSPS) is 12.7. The van der Waals surface area contributed by atoms with Crippen molar-refractivity contribution >= 4 is 34.7 Å². The second kappa shape index (κ2) is 8.52. The van der Waals surface area contributed by atoms with Crippen LogP contribution in [0.4, 0.5) is 4.79 Å². The number of nitrogens with one attached hydrogen (secondary N) is 1. The Morgan fingerprint density at radius 2 is 1.74 bits per heavy atom. The summed E-state index contributed by atoms with van der Waals surface area (Å²) >= 11 is 2.21. The number of alkyl carbamates (subject to hydrolysis) is 1. The van der Waals surface area contributed by atoms with Crippen LogP contribution in [0.1, 0.15) is 40.2 Å². The van der Waals surface area contributed by atoms with Crippen LogP contribution in [0, 0.1) is 3.57 Å². The maximum absolute atomic E-state index is 12.2. The van der Waals surface area contributed by atoms with Crippen molar-refractivity contribution in [1.29, 1.82) is 0 Å². The molecule has 0 aromatic heterocycles. The van der Waals surface area contributed by atoms with E-state index in [1.807, 2.05) is 24.3 Å². The Morgan fingerprint density at radius 1 is 1.17 bits per heavy atom. The molecular formula is C17H24INO4. The second-order valence-electron chi connectivity index (χ2n) is 6.52. The molecule has 0 saturated heterocycles. The number of benzene rings is 1. The first-order chi connectivity index (χ1) is 10.6. The van der Waals surface area contributed by atoms with Crippen molar-refractivity contribution in [3.63, 3.8) is 0 Å². The van der Waals surface area contributed by atoms with Crippen LogP contribution in [0.25, 0.3) is 0 Å². The first-order valence-electron chi connectivity index (χ1n) is 7.51. The molecule has 1 amide bonds. The first kappa shape index (κ1) is 19.7. The highest BCUT2D eigenvalue weighted by molar-refractivity contribution is 14.1. The molecule has 0 saturated carbocycles. The third-order valence-electron chi connectivity index (χ3n) is 2.68. The lowest BCUT2D eigenvalue weighted by Gasteiger charge is -2.23. The molecule has 0 heterocycles. The number of amides is 1. The summed E-state index contributed by atoms with van der Waals surface area (Å²) in [5.41, 5.74) is 0.312. The van der Waals surface area contributed by atoms with Crippen LogP contribution >= 0.6 is 22.6 Å². The van der Waals surface area contributed by atoms with E-state index in [0.29, 0.717) is 6.42 Å². The second-order valence-corrected chi connectivity index (χ2v) is 7.76. The summed E-state index contributed by atoms with van der Waals surface area (Å²) in [6, 6.07) is 6.97. The summed E-state index contributed by atoms with van der Waals surface area (Å²) < 4.78 is 11.6. The highest BCUT2D eigenvalue weighted by atomic mass is 127. The molecule has 0 radical (unpaired) electrons. The van der Waals surface area contributed by atoms with Gasteiger partial charge in [-0.25, -0.2) is 9.59 Å². The van der Waals surface area contributed by atoms with Crippen molar-refractivity contribution in [2.45, 2.75) is 58.8 Å². The van der Waals surface area contributed by atoms with Gasteiger partial charge < -0.3 is 14.8 Å². The number of hydrogen-bond acceptors (Lipinski definition) is 4. The molecule has 23 heavy (non-hydrogen) atoms. The molecule has 0 unspecified atom stereocenters. The van der Waals surface area contributed by atoms with Crippen LogP contribution in [0.15, 0.2) is 24.3 Å². The van der Waals surface area contributed by atoms with E-state index in [4.69, 9.17) is 9.47 Å². The lowest BCUT2D eigenvalue weighted by molar-refractivity contribution is -0.149. The third kappa shape index (κ3) is 8.20. The molecule has 1 rings (SSSR count). The van der Waals surface area contributed by atoms with Gasteiger partial charge in [0.15, 0.2) is 0 Å². The third-order valence-corrected chi connectivity index (χ3v) is 3.40. The SMILES string of the molecule is CC(C)OC(=O)[C@H](Cc1ccc(I)cc1)NC(=O)OC(C)(C)C. The zero-order chi connectivity index (χ0) is 17.6. The van der Waals surface area contributed by atoms with Crippen molar-refractivity contribution in [2.24, 2.45) is 0 Å². The molecule has 0 aliphatic carbocycles. The number of hydrogen-bond donors (Lipinski definition) is 1. The Morgan fingerprint density at radius 3 is 2.22 bits per heavy atom. The van der Waals surface area contributed by atoms with E-state index >= 15 is 0 Å². The number of carbonyl (C=O) groups excluding carboxylic acids is 2. The summed E-state index contributed by atoms with van der Waals surface area (Å²) in [5, 5.41) is 2.60. The summed E-state index contributed by atoms with van der Waals surface area (Å²) in [5.74, 6) is -0.468. The fraction of sp³-hybridized carbons (Fsp3) is 0.529. The van der Waals surface area contributed by atoms with Crippen LogP contribution in [-0.4, -0.2) is 29.8 Å². The summed E-state index contributed by atoms with van der Waals surface area (Å²) in [6.45, 7) is 8.86. The highest BCUT2D eigenvalue weighted by Crippen LogP contribution is 2.12. The van der Waals surface area contributed by atoms with Crippen LogP contribution in [0.5, 0.6) is 0 Å². The minimum atomic E-state index is -0.785. The van der Waals surface area contributed by atoms with Gasteiger partial charge in [-0.05, 0) is 74.9 Å². The Balaban J connectivity index is 2.82. The van der Waals surface area contributed by atoms with Crippen LogP contribution in [-0.2, 0) is 20.7 Å². The van der Waals surface area contributed by atoms with Gasteiger partial charge in [0.25, 0.3) is 0 Å². The molecule has 0 aliphatic rings. The van der Waals surface area contributed by atoms with Crippen LogP contribution in [0.2, 0.25) is 0 Å². The van der Waals surface area contributed by atoms with Crippen molar-refractivity contribution < 1.29 is 19.1 Å². The van der Waals surface area contributed by atoms with Crippen LogP contribution in [0.3, 0.4) is 0 Å². The predicted molar refractivity (Wildman–Crippen MR) is 97.2 cm³/mol. The minimum absolute atomic E-state index is 0.248. The summed E-state index contributed by atoms with van der Waals surface area (Å²) in [4.78, 5) is 24.2. The molecular weight excluding hydrogens is 409 g/mol. The van der Waals surface area contributed by atoms with Crippen LogP contribution < -0.4 is 5.32 Å². The van der Waals surface area contributed by atoms with E-state index in [0.717, 1.165) is 9.13 Å². The predicted octanol–water partition coefficient (Wildman–Crippen LogP) is 3.68. The number of ether oxygens (including phenoxy) is 2. The van der Waals surface area contributed by atoms with E-state index < -0.39 is 23.7 Å². The van der Waals surface area contributed by atoms with E-state index in [-0.39, 0.29) is 6.10 Å². The molecule has 6 heteroatoms. The number of esters is 1.